The van der Waals surface area contributed by atoms with Crippen molar-refractivity contribution in [2.45, 2.75) is 25.8 Å². The molecule has 1 unspecified atom stereocenters. The summed E-state index contributed by atoms with van der Waals surface area (Å²) in [5, 5.41) is 4.75. The van der Waals surface area contributed by atoms with Crippen LogP contribution in [0.4, 0.5) is 0 Å². The van der Waals surface area contributed by atoms with E-state index in [0.717, 1.165) is 30.5 Å². The number of nitrogens with one attached hydrogen (secondary N) is 1. The standard InChI is InChI=1S/C14H18N2S/c1-10-8-15-14(17-9-10)16-13-6-11-4-2-3-5-12(11)7-13/h2-5,10,13H,6-9H2,1H3,(H,15,16). The zero-order valence-corrected chi connectivity index (χ0v) is 11.0. The lowest BCUT2D eigenvalue weighted by Crippen LogP contribution is -2.35. The molecule has 0 saturated carbocycles. The summed E-state index contributed by atoms with van der Waals surface area (Å²) in [6, 6.07) is 9.31. The van der Waals surface area contributed by atoms with Gasteiger partial charge in [-0.3, -0.25) is 4.99 Å². The molecule has 3 heteroatoms. The Hall–Kier alpha value is -0.960. The van der Waals surface area contributed by atoms with E-state index in [1.54, 1.807) is 0 Å². The highest BCUT2D eigenvalue weighted by Gasteiger charge is 2.22. The lowest BCUT2D eigenvalue weighted by Gasteiger charge is -2.21. The zero-order valence-electron chi connectivity index (χ0n) is 10.1. The highest BCUT2D eigenvalue weighted by Crippen LogP contribution is 2.23. The van der Waals surface area contributed by atoms with E-state index in [1.807, 2.05) is 11.8 Å². The van der Waals surface area contributed by atoms with Crippen LogP contribution in [0.1, 0.15) is 18.1 Å². The van der Waals surface area contributed by atoms with Gasteiger partial charge in [-0.15, -0.1) is 0 Å². The summed E-state index contributed by atoms with van der Waals surface area (Å²) in [7, 11) is 0. The molecule has 0 amide bonds. The third-order valence-corrected chi connectivity index (χ3v) is 4.69. The number of rotatable bonds is 1. The summed E-state index contributed by atoms with van der Waals surface area (Å²) in [6.45, 7) is 3.24. The van der Waals surface area contributed by atoms with Gasteiger partial charge in [0.05, 0.1) is 0 Å². The van der Waals surface area contributed by atoms with Gasteiger partial charge in [0.2, 0.25) is 0 Å². The van der Waals surface area contributed by atoms with Crippen molar-refractivity contribution >= 4 is 16.9 Å². The van der Waals surface area contributed by atoms with Crippen LogP contribution in [0.15, 0.2) is 29.3 Å². The number of hydrogen-bond donors (Lipinski definition) is 1. The first-order valence-electron chi connectivity index (χ1n) is 6.32. The predicted octanol–water partition coefficient (Wildman–Crippen LogP) is 2.48. The van der Waals surface area contributed by atoms with E-state index < -0.39 is 0 Å². The van der Waals surface area contributed by atoms with E-state index in [1.165, 1.54) is 16.9 Å². The van der Waals surface area contributed by atoms with Crippen LogP contribution in [-0.4, -0.2) is 23.5 Å². The Labute approximate surface area is 107 Å². The fourth-order valence-corrected chi connectivity index (χ4v) is 3.44. The minimum absolute atomic E-state index is 0.548. The maximum atomic E-state index is 4.61. The molecule has 0 aromatic heterocycles. The first-order chi connectivity index (χ1) is 8.31. The van der Waals surface area contributed by atoms with Gasteiger partial charge in [-0.05, 0) is 29.9 Å². The van der Waals surface area contributed by atoms with Crippen molar-refractivity contribution < 1.29 is 0 Å². The molecule has 2 aliphatic rings. The average Bonchev–Trinajstić information content (AvgIpc) is 2.74. The second kappa shape index (κ2) is 4.73. The number of aliphatic imine (C=N–C) groups is 1. The van der Waals surface area contributed by atoms with Crippen LogP contribution in [0.5, 0.6) is 0 Å². The summed E-state index contributed by atoms with van der Waals surface area (Å²) in [5.74, 6) is 1.93. The van der Waals surface area contributed by atoms with Crippen molar-refractivity contribution in [3.8, 4) is 0 Å². The van der Waals surface area contributed by atoms with Crippen LogP contribution in [0.3, 0.4) is 0 Å². The molecule has 0 fully saturated rings. The summed E-state index contributed by atoms with van der Waals surface area (Å²) in [5.41, 5.74) is 3.00. The molecule has 1 atom stereocenters. The topological polar surface area (TPSA) is 24.4 Å². The summed E-state index contributed by atoms with van der Waals surface area (Å²) < 4.78 is 0. The average molecular weight is 246 g/mol. The molecule has 1 aromatic rings. The second-order valence-corrected chi connectivity index (χ2v) is 6.09. The first kappa shape index (κ1) is 11.1. The van der Waals surface area contributed by atoms with Gasteiger partial charge in [0.1, 0.15) is 0 Å². The van der Waals surface area contributed by atoms with Gasteiger partial charge in [-0.2, -0.15) is 0 Å². The van der Waals surface area contributed by atoms with Crippen molar-refractivity contribution in [2.75, 3.05) is 12.3 Å². The minimum atomic E-state index is 0.548. The van der Waals surface area contributed by atoms with E-state index in [-0.39, 0.29) is 0 Å². The van der Waals surface area contributed by atoms with Crippen LogP contribution in [0.2, 0.25) is 0 Å². The molecule has 0 bridgehead atoms. The van der Waals surface area contributed by atoms with Gasteiger partial charge in [0.25, 0.3) is 0 Å². The van der Waals surface area contributed by atoms with Crippen molar-refractivity contribution in [3.63, 3.8) is 0 Å². The molecular formula is C14H18N2S. The predicted molar refractivity (Wildman–Crippen MR) is 74.7 cm³/mol. The van der Waals surface area contributed by atoms with Gasteiger partial charge >= 0.3 is 0 Å². The van der Waals surface area contributed by atoms with E-state index in [0.29, 0.717) is 6.04 Å². The maximum absolute atomic E-state index is 4.61. The molecular weight excluding hydrogens is 228 g/mol. The Morgan fingerprint density at radius 3 is 2.53 bits per heavy atom. The Morgan fingerprint density at radius 1 is 1.24 bits per heavy atom. The fraction of sp³-hybridized carbons (Fsp3) is 0.500. The Kier molecular flexibility index (Phi) is 3.10. The smallest absolute Gasteiger partial charge is 0.156 e. The van der Waals surface area contributed by atoms with Gasteiger partial charge in [-0.1, -0.05) is 43.0 Å². The van der Waals surface area contributed by atoms with Gasteiger partial charge < -0.3 is 5.32 Å². The Bertz CT molecular complexity index is 417. The van der Waals surface area contributed by atoms with Gasteiger partial charge in [0.15, 0.2) is 5.17 Å². The fourth-order valence-electron chi connectivity index (χ4n) is 2.48. The molecule has 90 valence electrons. The monoisotopic (exact) mass is 246 g/mol. The molecule has 1 N–H and O–H groups in total. The van der Waals surface area contributed by atoms with E-state index in [2.05, 4.69) is 41.5 Å². The van der Waals surface area contributed by atoms with E-state index in [4.69, 9.17) is 0 Å². The Morgan fingerprint density at radius 2 is 1.94 bits per heavy atom. The third kappa shape index (κ3) is 2.49. The highest BCUT2D eigenvalue weighted by molar-refractivity contribution is 8.13. The summed E-state index contributed by atoms with van der Waals surface area (Å²) >= 11 is 1.88. The molecule has 1 aromatic carbocycles. The van der Waals surface area contributed by atoms with Crippen LogP contribution < -0.4 is 5.32 Å². The van der Waals surface area contributed by atoms with Gasteiger partial charge in [0, 0.05) is 18.3 Å². The van der Waals surface area contributed by atoms with E-state index >= 15 is 0 Å². The lowest BCUT2D eigenvalue weighted by molar-refractivity contribution is 0.631. The highest BCUT2D eigenvalue weighted by atomic mass is 32.2. The molecule has 1 aliphatic carbocycles. The van der Waals surface area contributed by atoms with Crippen molar-refractivity contribution in [1.29, 1.82) is 0 Å². The largest absolute Gasteiger partial charge is 0.362 e. The quantitative estimate of drug-likeness (QED) is 0.823. The van der Waals surface area contributed by atoms with Crippen molar-refractivity contribution in [3.05, 3.63) is 35.4 Å². The lowest BCUT2D eigenvalue weighted by atomic mass is 10.1. The zero-order chi connectivity index (χ0) is 11.7. The number of amidine groups is 1. The second-order valence-electron chi connectivity index (χ2n) is 5.08. The molecule has 3 rings (SSSR count). The maximum Gasteiger partial charge on any atom is 0.156 e. The summed E-state index contributed by atoms with van der Waals surface area (Å²) in [6.07, 6.45) is 2.29. The van der Waals surface area contributed by atoms with Crippen LogP contribution >= 0.6 is 11.8 Å². The minimum Gasteiger partial charge on any atom is -0.362 e. The molecule has 1 heterocycles. The number of hydrogen-bond acceptors (Lipinski definition) is 3. The first-order valence-corrected chi connectivity index (χ1v) is 7.30. The molecule has 0 spiro atoms. The van der Waals surface area contributed by atoms with E-state index in [9.17, 15) is 0 Å². The molecule has 0 radical (unpaired) electrons. The number of thioether (sulfide) groups is 1. The van der Waals surface area contributed by atoms with Crippen LogP contribution in [0.25, 0.3) is 0 Å². The Balaban J connectivity index is 1.62. The SMILES string of the molecule is CC1CN=C(NC2Cc3ccccc3C2)SC1. The number of nitrogens with zero attached hydrogens (tertiary/aromatic N) is 1. The van der Waals surface area contributed by atoms with Crippen LogP contribution in [-0.2, 0) is 12.8 Å². The van der Waals surface area contributed by atoms with Crippen molar-refractivity contribution in [1.82, 2.24) is 5.32 Å². The van der Waals surface area contributed by atoms with Crippen LogP contribution in [0, 0.1) is 5.92 Å². The number of benzene rings is 1. The van der Waals surface area contributed by atoms with Gasteiger partial charge in [-0.25, -0.2) is 0 Å². The summed E-state index contributed by atoms with van der Waals surface area (Å²) in [4.78, 5) is 4.61. The number of fused-ring (bicyclic) bond motifs is 1. The molecule has 17 heavy (non-hydrogen) atoms. The molecule has 1 aliphatic heterocycles. The van der Waals surface area contributed by atoms with Crippen molar-refractivity contribution in [2.24, 2.45) is 10.9 Å². The normalized spacial score (nSPS) is 24.3. The molecule has 0 saturated heterocycles. The molecule has 2 nitrogen and oxygen atoms in total. The third-order valence-electron chi connectivity index (χ3n) is 3.43.